The minimum absolute atomic E-state index is 0.0422. The van der Waals surface area contributed by atoms with Crippen LogP contribution in [0.4, 0.5) is 5.69 Å². The monoisotopic (exact) mass is 474 g/mol. The van der Waals surface area contributed by atoms with E-state index in [4.69, 9.17) is 4.74 Å². The van der Waals surface area contributed by atoms with Crippen molar-refractivity contribution in [2.75, 3.05) is 11.9 Å². The highest BCUT2D eigenvalue weighted by molar-refractivity contribution is 9.10. The van der Waals surface area contributed by atoms with E-state index < -0.39 is 0 Å². The Morgan fingerprint density at radius 2 is 1.81 bits per heavy atom. The van der Waals surface area contributed by atoms with Gasteiger partial charge in [-0.15, -0.1) is 0 Å². The number of nitrogens with zero attached hydrogens (tertiary/aromatic N) is 1. The van der Waals surface area contributed by atoms with Crippen LogP contribution in [-0.2, 0) is 4.79 Å². The van der Waals surface area contributed by atoms with Gasteiger partial charge in [-0.05, 0) is 64.0 Å². The summed E-state index contributed by atoms with van der Waals surface area (Å²) in [5.41, 5.74) is 2.76. The van der Waals surface area contributed by atoms with Gasteiger partial charge in [-0.1, -0.05) is 42.5 Å². The lowest BCUT2D eigenvalue weighted by molar-refractivity contribution is -0.118. The van der Waals surface area contributed by atoms with Crippen molar-refractivity contribution in [1.82, 2.24) is 4.98 Å². The molecule has 6 heteroatoms. The Morgan fingerprint density at radius 1 is 1.00 bits per heavy atom. The van der Waals surface area contributed by atoms with E-state index in [-0.39, 0.29) is 18.3 Å². The summed E-state index contributed by atoms with van der Waals surface area (Å²) in [5.74, 6) is 0.170. The van der Waals surface area contributed by atoms with Crippen LogP contribution < -0.4 is 10.1 Å². The second-order valence-corrected chi connectivity index (χ2v) is 7.82. The maximum Gasteiger partial charge on any atom is 0.262 e. The molecule has 4 aromatic rings. The van der Waals surface area contributed by atoms with Gasteiger partial charge in [-0.2, -0.15) is 0 Å². The van der Waals surface area contributed by atoms with Gasteiger partial charge in [0.1, 0.15) is 11.4 Å². The summed E-state index contributed by atoms with van der Waals surface area (Å²) in [5, 5.41) is 4.96. The normalized spacial score (nSPS) is 10.6. The average Bonchev–Trinajstić information content (AvgIpc) is 2.79. The van der Waals surface area contributed by atoms with E-state index in [2.05, 4.69) is 26.2 Å². The molecule has 0 unspecified atom stereocenters. The summed E-state index contributed by atoms with van der Waals surface area (Å²) in [4.78, 5) is 28.5. The topological polar surface area (TPSA) is 68.3 Å². The maximum absolute atomic E-state index is 12.5. The van der Waals surface area contributed by atoms with Gasteiger partial charge in [-0.25, -0.2) is 0 Å². The molecule has 0 aliphatic heterocycles. The van der Waals surface area contributed by atoms with Crippen molar-refractivity contribution in [3.05, 3.63) is 89.0 Å². The van der Waals surface area contributed by atoms with E-state index in [1.807, 2.05) is 42.5 Å². The van der Waals surface area contributed by atoms with Gasteiger partial charge in [-0.3, -0.25) is 14.6 Å². The first-order chi connectivity index (χ1) is 15.0. The van der Waals surface area contributed by atoms with Crippen LogP contribution >= 0.6 is 15.9 Å². The fourth-order valence-corrected chi connectivity index (χ4v) is 3.78. The number of aromatic nitrogens is 1. The van der Waals surface area contributed by atoms with E-state index in [0.29, 0.717) is 27.2 Å². The van der Waals surface area contributed by atoms with Crippen LogP contribution in [0, 0.1) is 0 Å². The summed E-state index contributed by atoms with van der Waals surface area (Å²) >= 11 is 3.39. The minimum Gasteiger partial charge on any atom is -0.481 e. The fraction of sp³-hybridized carbons (Fsp3) is 0.0800. The SMILES string of the molecule is CC(=O)c1ccc(NC(=O)COc2cccnc2-c2cccc3ccccc23)c(Br)c1. The number of anilines is 1. The zero-order valence-electron chi connectivity index (χ0n) is 16.8. The van der Waals surface area contributed by atoms with Gasteiger partial charge in [0.2, 0.25) is 0 Å². The molecule has 0 saturated carbocycles. The average molecular weight is 475 g/mol. The smallest absolute Gasteiger partial charge is 0.262 e. The number of hydrogen-bond acceptors (Lipinski definition) is 4. The largest absolute Gasteiger partial charge is 0.481 e. The Hall–Kier alpha value is -3.51. The third-order valence-corrected chi connectivity index (χ3v) is 5.48. The Labute approximate surface area is 188 Å². The highest BCUT2D eigenvalue weighted by atomic mass is 79.9. The van der Waals surface area contributed by atoms with Crippen molar-refractivity contribution >= 4 is 44.1 Å². The van der Waals surface area contributed by atoms with E-state index in [0.717, 1.165) is 16.3 Å². The van der Waals surface area contributed by atoms with Crippen LogP contribution in [0.3, 0.4) is 0 Å². The highest BCUT2D eigenvalue weighted by Gasteiger charge is 2.13. The lowest BCUT2D eigenvalue weighted by Crippen LogP contribution is -2.20. The van der Waals surface area contributed by atoms with Crippen LogP contribution in [0.15, 0.2) is 83.5 Å². The van der Waals surface area contributed by atoms with Crippen LogP contribution in [0.2, 0.25) is 0 Å². The molecule has 0 fully saturated rings. The van der Waals surface area contributed by atoms with Gasteiger partial charge in [0.15, 0.2) is 12.4 Å². The zero-order chi connectivity index (χ0) is 21.8. The Morgan fingerprint density at radius 3 is 2.61 bits per heavy atom. The quantitative estimate of drug-likeness (QED) is 0.354. The van der Waals surface area contributed by atoms with Crippen LogP contribution in [0.5, 0.6) is 5.75 Å². The Bertz CT molecular complexity index is 1280. The third-order valence-electron chi connectivity index (χ3n) is 4.82. The molecule has 0 saturated heterocycles. The molecule has 5 nitrogen and oxygen atoms in total. The summed E-state index contributed by atoms with van der Waals surface area (Å²) < 4.78 is 6.46. The van der Waals surface area contributed by atoms with Crippen molar-refractivity contribution in [1.29, 1.82) is 0 Å². The molecule has 4 rings (SSSR count). The molecule has 1 amide bonds. The van der Waals surface area contributed by atoms with Crippen molar-refractivity contribution in [3.8, 4) is 17.0 Å². The first kappa shape index (κ1) is 20.8. The van der Waals surface area contributed by atoms with Crippen molar-refractivity contribution in [3.63, 3.8) is 0 Å². The van der Waals surface area contributed by atoms with Crippen LogP contribution in [-0.4, -0.2) is 23.3 Å². The molecular weight excluding hydrogens is 456 g/mol. The predicted molar refractivity (Wildman–Crippen MR) is 125 cm³/mol. The summed E-state index contributed by atoms with van der Waals surface area (Å²) in [6, 6.07) is 22.7. The molecule has 154 valence electrons. The van der Waals surface area contributed by atoms with E-state index in [1.54, 1.807) is 36.5 Å². The number of carbonyl (C=O) groups is 2. The fourth-order valence-electron chi connectivity index (χ4n) is 3.31. The first-order valence-corrected chi connectivity index (χ1v) is 10.5. The predicted octanol–water partition coefficient (Wildman–Crippen LogP) is 5.88. The van der Waals surface area contributed by atoms with Gasteiger partial charge >= 0.3 is 0 Å². The van der Waals surface area contributed by atoms with Gasteiger partial charge in [0.05, 0.1) is 5.69 Å². The number of pyridine rings is 1. The molecule has 1 aromatic heterocycles. The number of fused-ring (bicyclic) bond motifs is 1. The van der Waals surface area contributed by atoms with Crippen LogP contribution in [0.1, 0.15) is 17.3 Å². The highest BCUT2D eigenvalue weighted by Crippen LogP contribution is 2.33. The van der Waals surface area contributed by atoms with Gasteiger partial charge in [0.25, 0.3) is 5.91 Å². The van der Waals surface area contributed by atoms with Gasteiger partial charge in [0, 0.05) is 21.8 Å². The van der Waals surface area contributed by atoms with E-state index in [1.165, 1.54) is 6.92 Å². The molecule has 1 heterocycles. The summed E-state index contributed by atoms with van der Waals surface area (Å²) in [7, 11) is 0. The van der Waals surface area contributed by atoms with Crippen molar-refractivity contribution in [2.45, 2.75) is 6.92 Å². The number of nitrogens with one attached hydrogen (secondary N) is 1. The molecule has 0 atom stereocenters. The number of halogens is 1. The number of benzene rings is 3. The first-order valence-electron chi connectivity index (χ1n) is 9.69. The molecule has 0 aliphatic carbocycles. The molecular formula is C25H19BrN2O3. The molecule has 0 aliphatic rings. The van der Waals surface area contributed by atoms with Crippen molar-refractivity contribution in [2.24, 2.45) is 0 Å². The van der Waals surface area contributed by atoms with Crippen LogP contribution in [0.25, 0.3) is 22.0 Å². The third kappa shape index (κ3) is 4.64. The molecule has 0 radical (unpaired) electrons. The lowest BCUT2D eigenvalue weighted by Gasteiger charge is -2.13. The minimum atomic E-state index is -0.316. The second-order valence-electron chi connectivity index (χ2n) is 6.96. The Balaban J connectivity index is 1.52. The number of amides is 1. The molecule has 0 bridgehead atoms. The zero-order valence-corrected chi connectivity index (χ0v) is 18.3. The summed E-state index contributed by atoms with van der Waals surface area (Å²) in [6.07, 6.45) is 1.71. The summed E-state index contributed by atoms with van der Waals surface area (Å²) in [6.45, 7) is 1.32. The van der Waals surface area contributed by atoms with E-state index in [9.17, 15) is 9.59 Å². The van der Waals surface area contributed by atoms with Gasteiger partial charge < -0.3 is 10.1 Å². The maximum atomic E-state index is 12.5. The Kier molecular flexibility index (Phi) is 6.09. The molecule has 31 heavy (non-hydrogen) atoms. The lowest BCUT2D eigenvalue weighted by atomic mass is 10.0. The molecule has 1 N–H and O–H groups in total. The number of Topliss-reactive ketones (excluding diaryl/α,β-unsaturated/α-hetero) is 1. The second kappa shape index (κ2) is 9.10. The number of rotatable bonds is 6. The number of hydrogen-bond donors (Lipinski definition) is 1. The number of carbonyl (C=O) groups excluding carboxylic acids is 2. The van der Waals surface area contributed by atoms with Crippen molar-refractivity contribution < 1.29 is 14.3 Å². The molecule has 0 spiro atoms. The standard InChI is InChI=1S/C25H19BrN2O3/c1-16(29)18-11-12-22(21(26)14-18)28-24(30)15-31-23-10-5-13-27-25(23)20-9-4-7-17-6-2-3-8-19(17)20/h2-14H,15H2,1H3,(H,28,30). The van der Waals surface area contributed by atoms with E-state index >= 15 is 0 Å². The number of ether oxygens (including phenoxy) is 1. The molecule has 3 aromatic carbocycles. The number of ketones is 1.